The Balaban J connectivity index is 1.45. The van der Waals surface area contributed by atoms with Crippen molar-refractivity contribution in [1.29, 1.82) is 0 Å². The summed E-state index contributed by atoms with van der Waals surface area (Å²) >= 11 is 1.53. The molecule has 0 bridgehead atoms. The SMILES string of the molecule is O=C(NC(CC1CCCCC1)C(=O)O)c1ccc2c(c1)nc(Cc1cccs1)n2C1CCCCC1C(F)(F)F. The Morgan fingerprint density at radius 1 is 1.08 bits per heavy atom. The molecular formula is C29H34F3N3O3S. The fourth-order valence-corrected chi connectivity index (χ4v) is 7.08. The minimum Gasteiger partial charge on any atom is -0.480 e. The molecule has 39 heavy (non-hydrogen) atoms. The van der Waals surface area contributed by atoms with Crippen LogP contribution in [0.15, 0.2) is 35.7 Å². The molecule has 0 aliphatic heterocycles. The third-order valence-electron chi connectivity index (χ3n) is 8.32. The van der Waals surface area contributed by atoms with Gasteiger partial charge in [-0.25, -0.2) is 9.78 Å². The summed E-state index contributed by atoms with van der Waals surface area (Å²) in [6.45, 7) is 0. The van der Waals surface area contributed by atoms with Gasteiger partial charge in [0.15, 0.2) is 0 Å². The second kappa shape index (κ2) is 11.7. The molecule has 3 unspecified atom stereocenters. The van der Waals surface area contributed by atoms with Crippen molar-refractivity contribution >= 4 is 34.2 Å². The van der Waals surface area contributed by atoms with E-state index >= 15 is 0 Å². The van der Waals surface area contributed by atoms with Crippen molar-refractivity contribution in [2.45, 2.75) is 88.9 Å². The molecule has 2 fully saturated rings. The zero-order valence-electron chi connectivity index (χ0n) is 21.8. The van der Waals surface area contributed by atoms with Crippen LogP contribution >= 0.6 is 11.3 Å². The number of hydrogen-bond acceptors (Lipinski definition) is 4. The van der Waals surface area contributed by atoms with E-state index in [1.54, 1.807) is 22.8 Å². The largest absolute Gasteiger partial charge is 0.480 e. The van der Waals surface area contributed by atoms with Gasteiger partial charge in [0.25, 0.3) is 5.91 Å². The molecule has 2 aliphatic rings. The van der Waals surface area contributed by atoms with Crippen LogP contribution in [0.25, 0.3) is 11.0 Å². The van der Waals surface area contributed by atoms with Crippen molar-refractivity contribution in [1.82, 2.24) is 14.9 Å². The number of aliphatic carboxylic acids is 1. The normalized spacial score (nSPS) is 21.6. The van der Waals surface area contributed by atoms with E-state index in [0.29, 0.717) is 49.0 Å². The first-order valence-electron chi connectivity index (χ1n) is 13.8. The minimum atomic E-state index is -4.31. The predicted molar refractivity (Wildman–Crippen MR) is 144 cm³/mol. The van der Waals surface area contributed by atoms with Crippen LogP contribution in [-0.2, 0) is 11.2 Å². The number of rotatable bonds is 8. The maximum atomic E-state index is 14.1. The standard InChI is InChI=1S/C29H34F3N3O3S/c30-29(31,32)21-10-4-5-11-24(21)35-25-13-12-19(16-22(25)33-26(35)17-20-9-6-14-39-20)27(36)34-23(28(37)38)15-18-7-2-1-3-8-18/h6,9,12-14,16,18,21,23-24H,1-5,7-8,10-11,15,17H2,(H,34,36)(H,37,38). The van der Waals surface area contributed by atoms with Gasteiger partial charge in [-0.1, -0.05) is 51.0 Å². The second-order valence-corrected chi connectivity index (χ2v) is 12.0. The molecular weight excluding hydrogens is 527 g/mol. The highest BCUT2D eigenvalue weighted by atomic mass is 32.1. The van der Waals surface area contributed by atoms with Gasteiger partial charge in [0, 0.05) is 22.9 Å². The average Bonchev–Trinajstić information content (AvgIpc) is 3.55. The van der Waals surface area contributed by atoms with Gasteiger partial charge in [0.05, 0.1) is 17.0 Å². The molecule has 5 rings (SSSR count). The molecule has 2 N–H and O–H groups in total. The third kappa shape index (κ3) is 6.31. The van der Waals surface area contributed by atoms with E-state index in [0.717, 1.165) is 37.0 Å². The molecule has 2 saturated carbocycles. The van der Waals surface area contributed by atoms with Crippen LogP contribution in [0, 0.1) is 11.8 Å². The first-order chi connectivity index (χ1) is 18.7. The number of nitrogens with one attached hydrogen (secondary N) is 1. The van der Waals surface area contributed by atoms with Crippen LogP contribution in [0.5, 0.6) is 0 Å². The predicted octanol–water partition coefficient (Wildman–Crippen LogP) is 7.14. The quantitative estimate of drug-likeness (QED) is 0.306. The first-order valence-corrected chi connectivity index (χ1v) is 14.7. The van der Waals surface area contributed by atoms with E-state index in [1.807, 2.05) is 17.5 Å². The number of thiophene rings is 1. The average molecular weight is 562 g/mol. The van der Waals surface area contributed by atoms with Crippen LogP contribution < -0.4 is 5.32 Å². The number of aromatic nitrogens is 2. The Morgan fingerprint density at radius 3 is 2.51 bits per heavy atom. The van der Waals surface area contributed by atoms with Gasteiger partial charge < -0.3 is 15.0 Å². The van der Waals surface area contributed by atoms with Crippen LogP contribution in [0.3, 0.4) is 0 Å². The topological polar surface area (TPSA) is 84.2 Å². The lowest BCUT2D eigenvalue weighted by atomic mass is 9.83. The maximum Gasteiger partial charge on any atom is 0.393 e. The molecule has 210 valence electrons. The molecule has 0 radical (unpaired) electrons. The van der Waals surface area contributed by atoms with Gasteiger partial charge in [-0.15, -0.1) is 11.3 Å². The monoisotopic (exact) mass is 561 g/mol. The summed E-state index contributed by atoms with van der Waals surface area (Å²) in [5.41, 5.74) is 1.26. The highest BCUT2D eigenvalue weighted by molar-refractivity contribution is 7.09. The fraction of sp³-hybridized carbons (Fsp3) is 0.552. The molecule has 10 heteroatoms. The summed E-state index contributed by atoms with van der Waals surface area (Å²) in [7, 11) is 0. The number of fused-ring (bicyclic) bond motifs is 1. The molecule has 2 aliphatic carbocycles. The Kier molecular flexibility index (Phi) is 8.30. The summed E-state index contributed by atoms with van der Waals surface area (Å²) in [4.78, 5) is 30.8. The molecule has 0 saturated heterocycles. The van der Waals surface area contributed by atoms with Crippen molar-refractivity contribution in [3.63, 3.8) is 0 Å². The molecule has 3 atom stereocenters. The third-order valence-corrected chi connectivity index (χ3v) is 9.19. The van der Waals surface area contributed by atoms with Crippen molar-refractivity contribution in [3.8, 4) is 0 Å². The lowest BCUT2D eigenvalue weighted by molar-refractivity contribution is -0.193. The molecule has 6 nitrogen and oxygen atoms in total. The second-order valence-electron chi connectivity index (χ2n) is 11.0. The zero-order valence-corrected chi connectivity index (χ0v) is 22.6. The summed E-state index contributed by atoms with van der Waals surface area (Å²) < 4.78 is 44.0. The first kappa shape index (κ1) is 27.7. The van der Waals surface area contributed by atoms with Crippen LogP contribution in [-0.4, -0.2) is 38.8 Å². The maximum absolute atomic E-state index is 14.1. The Hall–Kier alpha value is -2.88. The van der Waals surface area contributed by atoms with Crippen molar-refractivity contribution in [2.75, 3.05) is 0 Å². The van der Waals surface area contributed by atoms with Crippen molar-refractivity contribution < 1.29 is 27.9 Å². The molecule has 0 spiro atoms. The van der Waals surface area contributed by atoms with Gasteiger partial charge >= 0.3 is 12.1 Å². The van der Waals surface area contributed by atoms with E-state index < -0.39 is 36.1 Å². The Labute approximate surface area is 229 Å². The number of carboxylic acids is 1. The van der Waals surface area contributed by atoms with Crippen LogP contribution in [0.2, 0.25) is 0 Å². The van der Waals surface area contributed by atoms with E-state index in [4.69, 9.17) is 4.98 Å². The molecule has 3 aromatic rings. The Morgan fingerprint density at radius 2 is 1.82 bits per heavy atom. The van der Waals surface area contributed by atoms with Gasteiger partial charge in [0.1, 0.15) is 11.9 Å². The van der Waals surface area contributed by atoms with Crippen LogP contribution in [0.4, 0.5) is 13.2 Å². The number of nitrogens with zero attached hydrogens (tertiary/aromatic N) is 2. The van der Waals surface area contributed by atoms with Crippen molar-refractivity contribution in [3.05, 3.63) is 52.0 Å². The Bertz CT molecular complexity index is 1300. The smallest absolute Gasteiger partial charge is 0.393 e. The van der Waals surface area contributed by atoms with Crippen LogP contribution in [0.1, 0.15) is 91.3 Å². The molecule has 2 aromatic heterocycles. The van der Waals surface area contributed by atoms with Gasteiger partial charge in [-0.05, 0) is 54.8 Å². The summed E-state index contributed by atoms with van der Waals surface area (Å²) in [6.07, 6.45) is 3.49. The number of carboxylic acid groups (broad SMARTS) is 1. The minimum absolute atomic E-state index is 0.0876. The lowest BCUT2D eigenvalue weighted by Crippen LogP contribution is -2.42. The van der Waals surface area contributed by atoms with Gasteiger partial charge in [-0.3, -0.25) is 4.79 Å². The highest BCUT2D eigenvalue weighted by Gasteiger charge is 2.47. The summed E-state index contributed by atoms with van der Waals surface area (Å²) in [5.74, 6) is -2.21. The van der Waals surface area contributed by atoms with E-state index in [2.05, 4.69) is 5.32 Å². The number of alkyl halides is 3. The zero-order chi connectivity index (χ0) is 27.6. The van der Waals surface area contributed by atoms with E-state index in [1.165, 1.54) is 11.3 Å². The summed E-state index contributed by atoms with van der Waals surface area (Å²) in [6, 6.07) is 6.89. The number of carbonyl (C=O) groups excluding carboxylic acids is 1. The number of amides is 1. The number of carbonyl (C=O) groups is 2. The highest BCUT2D eigenvalue weighted by Crippen LogP contribution is 2.45. The van der Waals surface area contributed by atoms with Gasteiger partial charge in [0.2, 0.25) is 0 Å². The number of imidazole rings is 1. The molecule has 2 heterocycles. The summed E-state index contributed by atoms with van der Waals surface area (Å²) in [5, 5.41) is 14.3. The van der Waals surface area contributed by atoms with Crippen molar-refractivity contribution in [2.24, 2.45) is 11.8 Å². The fourth-order valence-electron chi connectivity index (χ4n) is 6.38. The molecule has 1 amide bonds. The lowest BCUT2D eigenvalue weighted by Gasteiger charge is -2.35. The molecule has 1 aromatic carbocycles. The number of halogens is 3. The van der Waals surface area contributed by atoms with Gasteiger partial charge in [-0.2, -0.15) is 13.2 Å². The number of benzene rings is 1. The van der Waals surface area contributed by atoms with E-state index in [9.17, 15) is 27.9 Å². The number of hydrogen-bond donors (Lipinski definition) is 2. The van der Waals surface area contributed by atoms with E-state index in [-0.39, 0.29) is 17.9 Å².